The molecule has 0 bridgehead atoms. The summed E-state index contributed by atoms with van der Waals surface area (Å²) in [7, 11) is 3.41. The third-order valence-electron chi connectivity index (χ3n) is 7.34. The van der Waals surface area contributed by atoms with Gasteiger partial charge in [-0.05, 0) is 24.6 Å². The lowest BCUT2D eigenvalue weighted by Gasteiger charge is -2.41. The van der Waals surface area contributed by atoms with E-state index < -0.39 is 6.10 Å². The molecule has 2 aromatic heterocycles. The zero-order valence-corrected chi connectivity index (χ0v) is 23.4. The highest BCUT2D eigenvalue weighted by molar-refractivity contribution is 5.87. The molecule has 0 saturated carbocycles. The monoisotopic (exact) mass is 559 g/mol. The molecule has 2 amide bonds. The molecule has 0 spiro atoms. The molecule has 214 valence electrons. The van der Waals surface area contributed by atoms with Gasteiger partial charge in [0.1, 0.15) is 6.61 Å². The zero-order chi connectivity index (χ0) is 29.1. The van der Waals surface area contributed by atoms with E-state index in [4.69, 9.17) is 14.5 Å². The van der Waals surface area contributed by atoms with Crippen LogP contribution in [-0.4, -0.2) is 94.7 Å². The highest BCUT2D eigenvalue weighted by atomic mass is 16.6. The molecule has 2 aliphatic rings. The van der Waals surface area contributed by atoms with E-state index in [-0.39, 0.29) is 49.1 Å². The number of nitriles is 1. The SMILES string of the molecule is C=CC(=O)N1CCN(c2nc(NCCC(=O)N(C)C)nc3c2OCC(c2c(C)ccc4[nH]ncc24)O3)C[C@@H]1CC#N. The fraction of sp³-hybridized carbons (Fsp3) is 0.429. The van der Waals surface area contributed by atoms with Crippen molar-refractivity contribution < 1.29 is 19.1 Å². The van der Waals surface area contributed by atoms with Gasteiger partial charge in [0.25, 0.3) is 5.88 Å². The van der Waals surface area contributed by atoms with Crippen molar-refractivity contribution in [2.45, 2.75) is 31.9 Å². The molecule has 13 heteroatoms. The molecule has 1 unspecified atom stereocenters. The molecular weight excluding hydrogens is 526 g/mol. The third kappa shape index (κ3) is 5.58. The van der Waals surface area contributed by atoms with Crippen LogP contribution >= 0.6 is 0 Å². The van der Waals surface area contributed by atoms with Crippen molar-refractivity contribution >= 4 is 34.5 Å². The van der Waals surface area contributed by atoms with Crippen LogP contribution in [0.5, 0.6) is 11.6 Å². The lowest BCUT2D eigenvalue weighted by molar-refractivity contribution is -0.129. The molecule has 3 aromatic rings. The number of aromatic nitrogens is 4. The number of fused-ring (bicyclic) bond motifs is 2. The van der Waals surface area contributed by atoms with E-state index in [1.807, 2.05) is 24.0 Å². The number of rotatable bonds is 8. The minimum atomic E-state index is -0.442. The van der Waals surface area contributed by atoms with Gasteiger partial charge < -0.3 is 29.5 Å². The Morgan fingerprint density at radius 1 is 1.32 bits per heavy atom. The molecule has 0 radical (unpaired) electrons. The van der Waals surface area contributed by atoms with Crippen LogP contribution in [0.3, 0.4) is 0 Å². The molecule has 2 N–H and O–H groups in total. The van der Waals surface area contributed by atoms with Crippen molar-refractivity contribution in [1.82, 2.24) is 30.0 Å². The number of ether oxygens (including phenoxy) is 2. The maximum atomic E-state index is 12.4. The average Bonchev–Trinajstić information content (AvgIpc) is 3.45. The van der Waals surface area contributed by atoms with E-state index in [0.717, 1.165) is 22.0 Å². The van der Waals surface area contributed by atoms with Gasteiger partial charge in [0.2, 0.25) is 23.5 Å². The molecule has 5 rings (SSSR count). The van der Waals surface area contributed by atoms with E-state index in [1.165, 1.54) is 11.0 Å². The van der Waals surface area contributed by atoms with Gasteiger partial charge in [0.15, 0.2) is 11.9 Å². The fourth-order valence-electron chi connectivity index (χ4n) is 5.20. The van der Waals surface area contributed by atoms with Crippen molar-refractivity contribution in [1.29, 1.82) is 5.26 Å². The number of H-pyrrole nitrogens is 1. The maximum Gasteiger partial charge on any atom is 0.265 e. The van der Waals surface area contributed by atoms with Crippen LogP contribution in [-0.2, 0) is 9.59 Å². The molecule has 4 heterocycles. The predicted molar refractivity (Wildman–Crippen MR) is 152 cm³/mol. The Hall–Kier alpha value is -4.86. The summed E-state index contributed by atoms with van der Waals surface area (Å²) >= 11 is 0. The van der Waals surface area contributed by atoms with Crippen molar-refractivity contribution in [3.8, 4) is 17.7 Å². The van der Waals surface area contributed by atoms with Gasteiger partial charge in [-0.15, -0.1) is 0 Å². The van der Waals surface area contributed by atoms with Gasteiger partial charge in [0, 0.05) is 57.6 Å². The number of nitrogens with one attached hydrogen (secondary N) is 2. The van der Waals surface area contributed by atoms with Gasteiger partial charge in [-0.25, -0.2) is 0 Å². The number of anilines is 2. The van der Waals surface area contributed by atoms with Crippen LogP contribution in [0.4, 0.5) is 11.8 Å². The quantitative estimate of drug-likeness (QED) is 0.393. The van der Waals surface area contributed by atoms with Crippen LogP contribution < -0.4 is 19.7 Å². The smallest absolute Gasteiger partial charge is 0.265 e. The number of benzene rings is 1. The first-order valence-electron chi connectivity index (χ1n) is 13.4. The molecule has 1 fully saturated rings. The number of piperazine rings is 1. The summed E-state index contributed by atoms with van der Waals surface area (Å²) in [4.78, 5) is 39.1. The normalized spacial score (nSPS) is 18.1. The molecule has 41 heavy (non-hydrogen) atoms. The number of amides is 2. The summed E-state index contributed by atoms with van der Waals surface area (Å²) < 4.78 is 12.8. The number of hydrogen-bond donors (Lipinski definition) is 2. The van der Waals surface area contributed by atoms with Gasteiger partial charge >= 0.3 is 0 Å². The maximum absolute atomic E-state index is 12.4. The summed E-state index contributed by atoms with van der Waals surface area (Å²) in [5.74, 6) is 1.22. The lowest BCUT2D eigenvalue weighted by Crippen LogP contribution is -2.55. The van der Waals surface area contributed by atoms with E-state index in [0.29, 0.717) is 37.7 Å². The standard InChI is InChI=1S/C28H33N9O4/c1-5-22(38)37-13-12-36(15-18(37)8-10-29)26-25-27(33-28(32-26)30-11-9-23(39)35(3)4)41-21(16-40-25)24-17(2)6-7-20-19(24)14-31-34-20/h5-7,14,18,21H,1,8-9,11-13,15-16H2,2-4H3,(H,31,34)(H,30,32,33)/t18-,21?/m0/s1. The first-order chi connectivity index (χ1) is 19.8. The molecule has 2 aliphatic heterocycles. The van der Waals surface area contributed by atoms with Crippen molar-refractivity contribution in [2.75, 3.05) is 57.1 Å². The number of hydrogen-bond acceptors (Lipinski definition) is 10. The molecular formula is C28H33N9O4. The van der Waals surface area contributed by atoms with Crippen LogP contribution in [0.2, 0.25) is 0 Å². The third-order valence-corrected chi connectivity index (χ3v) is 7.34. The van der Waals surface area contributed by atoms with Gasteiger partial charge in [0.05, 0.1) is 30.2 Å². The second kappa shape index (κ2) is 11.7. The second-order valence-corrected chi connectivity index (χ2v) is 10.2. The average molecular weight is 560 g/mol. The number of aromatic amines is 1. The molecule has 0 aliphatic carbocycles. The van der Waals surface area contributed by atoms with Gasteiger partial charge in [-0.1, -0.05) is 12.6 Å². The highest BCUT2D eigenvalue weighted by Crippen LogP contribution is 2.43. The summed E-state index contributed by atoms with van der Waals surface area (Å²) in [6.45, 7) is 7.39. The van der Waals surface area contributed by atoms with E-state index in [1.54, 1.807) is 25.2 Å². The van der Waals surface area contributed by atoms with Crippen LogP contribution in [0.25, 0.3) is 10.9 Å². The van der Waals surface area contributed by atoms with Crippen molar-refractivity contribution in [3.05, 3.63) is 42.1 Å². The Kier molecular flexibility index (Phi) is 7.91. The van der Waals surface area contributed by atoms with Crippen molar-refractivity contribution in [3.63, 3.8) is 0 Å². The first kappa shape index (κ1) is 27.7. The Morgan fingerprint density at radius 2 is 2.15 bits per heavy atom. The predicted octanol–water partition coefficient (Wildman–Crippen LogP) is 2.18. The molecule has 1 aromatic carbocycles. The minimum absolute atomic E-state index is 0.0265. The minimum Gasteiger partial charge on any atom is -0.481 e. The Labute approximate surface area is 237 Å². The summed E-state index contributed by atoms with van der Waals surface area (Å²) in [5, 5.41) is 20.7. The van der Waals surface area contributed by atoms with Crippen molar-refractivity contribution in [2.24, 2.45) is 0 Å². The molecule has 1 saturated heterocycles. The lowest BCUT2D eigenvalue weighted by atomic mass is 9.99. The zero-order valence-electron chi connectivity index (χ0n) is 23.4. The number of aryl methyl sites for hydroxylation is 1. The number of carbonyl (C=O) groups is 2. The van der Waals surface area contributed by atoms with E-state index in [2.05, 4.69) is 33.1 Å². The Bertz CT molecular complexity index is 1510. The summed E-state index contributed by atoms with van der Waals surface area (Å²) in [6, 6.07) is 5.82. The Balaban J connectivity index is 1.48. The summed E-state index contributed by atoms with van der Waals surface area (Å²) in [5.41, 5.74) is 2.89. The van der Waals surface area contributed by atoms with Gasteiger partial charge in [-0.3, -0.25) is 14.7 Å². The Morgan fingerprint density at radius 3 is 2.90 bits per heavy atom. The topological polar surface area (TPSA) is 153 Å². The second-order valence-electron chi connectivity index (χ2n) is 10.2. The molecule has 2 atom stereocenters. The van der Waals surface area contributed by atoms with Crippen LogP contribution in [0.1, 0.15) is 30.1 Å². The highest BCUT2D eigenvalue weighted by Gasteiger charge is 2.36. The molecule has 13 nitrogen and oxygen atoms in total. The van der Waals surface area contributed by atoms with E-state index >= 15 is 0 Å². The largest absolute Gasteiger partial charge is 0.481 e. The van der Waals surface area contributed by atoms with E-state index in [9.17, 15) is 14.9 Å². The fourth-order valence-corrected chi connectivity index (χ4v) is 5.20. The van der Waals surface area contributed by atoms with Crippen LogP contribution in [0, 0.1) is 18.3 Å². The van der Waals surface area contributed by atoms with Gasteiger partial charge in [-0.2, -0.15) is 20.3 Å². The first-order valence-corrected chi connectivity index (χ1v) is 13.4. The number of carbonyl (C=O) groups excluding carboxylic acids is 2. The number of nitrogens with zero attached hydrogens (tertiary/aromatic N) is 7. The van der Waals surface area contributed by atoms with Crippen LogP contribution in [0.15, 0.2) is 31.0 Å². The summed E-state index contributed by atoms with van der Waals surface area (Å²) in [6.07, 6.45) is 3.02.